The van der Waals surface area contributed by atoms with E-state index in [1.165, 1.54) is 55.7 Å². The first-order valence-electron chi connectivity index (χ1n) is 12.6. The minimum atomic E-state index is -1.32. The number of nitrogens with one attached hydrogen (secondary N) is 2. The van der Waals surface area contributed by atoms with Gasteiger partial charge in [-0.2, -0.15) is 0 Å². The van der Waals surface area contributed by atoms with Gasteiger partial charge in [-0.3, -0.25) is 10.1 Å². The van der Waals surface area contributed by atoms with E-state index in [0.29, 0.717) is 16.3 Å². The number of hydrogen-bond acceptors (Lipinski definition) is 9. The van der Waals surface area contributed by atoms with Crippen LogP contribution in [0.2, 0.25) is 5.02 Å². The van der Waals surface area contributed by atoms with Gasteiger partial charge < -0.3 is 35.6 Å². The van der Waals surface area contributed by atoms with Gasteiger partial charge in [0.25, 0.3) is 0 Å². The highest BCUT2D eigenvalue weighted by atomic mass is 35.5. The van der Waals surface area contributed by atoms with Gasteiger partial charge in [-0.25, -0.2) is 23.4 Å². The fourth-order valence-corrected chi connectivity index (χ4v) is 3.91. The Balaban J connectivity index is 1.65. The van der Waals surface area contributed by atoms with E-state index in [1.54, 1.807) is 0 Å². The van der Waals surface area contributed by atoms with Crippen LogP contribution < -0.4 is 16.4 Å². The van der Waals surface area contributed by atoms with Crippen LogP contribution in [0.4, 0.5) is 24.2 Å². The monoisotopic (exact) mass is 609 g/mol. The zero-order chi connectivity index (χ0) is 30.8. The quantitative estimate of drug-likeness (QED) is 0.193. The van der Waals surface area contributed by atoms with Crippen LogP contribution in [0.25, 0.3) is 10.8 Å². The average Bonchev–Trinajstić information content (AvgIpc) is 2.97. The van der Waals surface area contributed by atoms with Crippen LogP contribution >= 0.6 is 11.6 Å². The lowest BCUT2D eigenvalue weighted by atomic mass is 10.1. The Hall–Kier alpha value is -4.11. The molecule has 15 heteroatoms. The van der Waals surface area contributed by atoms with E-state index in [2.05, 4.69) is 15.6 Å². The van der Waals surface area contributed by atoms with Crippen molar-refractivity contribution in [3.05, 3.63) is 70.9 Å². The number of ether oxygens (including phenoxy) is 2. The molecule has 0 aliphatic carbocycles. The molecule has 0 saturated carbocycles. The fourth-order valence-electron chi connectivity index (χ4n) is 3.72. The van der Waals surface area contributed by atoms with Crippen molar-refractivity contribution >= 4 is 46.3 Å². The Labute approximate surface area is 244 Å². The lowest BCUT2D eigenvalue weighted by Crippen LogP contribution is -2.47. The van der Waals surface area contributed by atoms with Gasteiger partial charge in [0, 0.05) is 31.6 Å². The van der Waals surface area contributed by atoms with E-state index in [-0.39, 0.29) is 23.8 Å². The average molecular weight is 610 g/mol. The van der Waals surface area contributed by atoms with Crippen LogP contribution in [-0.2, 0) is 20.8 Å². The molecule has 3 rings (SSSR count). The molecule has 42 heavy (non-hydrogen) atoms. The summed E-state index contributed by atoms with van der Waals surface area (Å²) in [4.78, 5) is 42.4. The molecular formula is C27H30ClF2N5O7. The number of carbonyl (C=O) groups excluding carboxylic acids is 3. The summed E-state index contributed by atoms with van der Waals surface area (Å²) in [5.74, 6) is -1.98. The van der Waals surface area contributed by atoms with Gasteiger partial charge in [-0.05, 0) is 41.3 Å². The Morgan fingerprint density at radius 3 is 2.62 bits per heavy atom. The summed E-state index contributed by atoms with van der Waals surface area (Å²) in [6.45, 7) is -1.71. The number of hydrogen-bond donors (Lipinski definition) is 5. The number of anilines is 1. The topological polar surface area (TPSA) is 176 Å². The van der Waals surface area contributed by atoms with Crippen molar-refractivity contribution in [2.75, 3.05) is 32.2 Å². The van der Waals surface area contributed by atoms with Gasteiger partial charge >= 0.3 is 18.1 Å². The third-order valence-corrected chi connectivity index (χ3v) is 6.54. The van der Waals surface area contributed by atoms with Crippen molar-refractivity contribution in [1.82, 2.24) is 15.2 Å². The van der Waals surface area contributed by atoms with Crippen molar-refractivity contribution in [2.24, 2.45) is 5.73 Å². The molecule has 2 aromatic carbocycles. The van der Waals surface area contributed by atoms with Crippen LogP contribution in [-0.4, -0.2) is 83.2 Å². The molecule has 6 N–H and O–H groups in total. The molecule has 1 unspecified atom stereocenters. The molecule has 12 nitrogen and oxygen atoms in total. The molecule has 0 radical (unpaired) electrons. The first kappa shape index (κ1) is 32.4. The highest BCUT2D eigenvalue weighted by molar-refractivity contribution is 6.31. The summed E-state index contributed by atoms with van der Waals surface area (Å²) in [7, 11) is 1.37. The molecule has 3 amide bonds. The SMILES string of the molecule is CN(C(=O)NCc1cccc(F)c1Cl)[C@H](COC(=O)Nc1cc2cc(F)ccc2cn1)CC(O)COC(=O)[C@@H](N)CO. The highest BCUT2D eigenvalue weighted by Crippen LogP contribution is 2.20. The third-order valence-electron chi connectivity index (χ3n) is 6.11. The van der Waals surface area contributed by atoms with Gasteiger partial charge in [0.15, 0.2) is 0 Å². The zero-order valence-corrected chi connectivity index (χ0v) is 23.2. The van der Waals surface area contributed by atoms with Crippen LogP contribution in [0.5, 0.6) is 0 Å². The second-order valence-corrected chi connectivity index (χ2v) is 9.61. The third kappa shape index (κ3) is 9.21. The maximum Gasteiger partial charge on any atom is 0.412 e. The van der Waals surface area contributed by atoms with Crippen LogP contribution in [0, 0.1) is 11.6 Å². The number of rotatable bonds is 12. The van der Waals surface area contributed by atoms with E-state index in [9.17, 15) is 28.3 Å². The van der Waals surface area contributed by atoms with Gasteiger partial charge in [-0.1, -0.05) is 23.7 Å². The lowest BCUT2D eigenvalue weighted by Gasteiger charge is -2.29. The maximum absolute atomic E-state index is 13.7. The smallest absolute Gasteiger partial charge is 0.412 e. The van der Waals surface area contributed by atoms with Crippen molar-refractivity contribution in [2.45, 2.75) is 31.2 Å². The Morgan fingerprint density at radius 2 is 1.88 bits per heavy atom. The Bertz CT molecular complexity index is 1420. The van der Waals surface area contributed by atoms with E-state index in [4.69, 9.17) is 31.9 Å². The predicted molar refractivity (Wildman–Crippen MR) is 149 cm³/mol. The fraction of sp³-hybridized carbons (Fsp3) is 0.333. The molecule has 0 fully saturated rings. The minimum Gasteiger partial charge on any atom is -0.462 e. The Kier molecular flexibility index (Phi) is 11.7. The minimum absolute atomic E-state index is 0.0832. The number of aliphatic hydroxyl groups excluding tert-OH is 2. The number of amides is 3. The molecule has 0 aliphatic heterocycles. The number of esters is 1. The van der Waals surface area contributed by atoms with Gasteiger partial charge in [0.1, 0.15) is 36.7 Å². The molecule has 0 spiro atoms. The molecular weight excluding hydrogens is 580 g/mol. The molecule has 3 atom stereocenters. The first-order valence-corrected chi connectivity index (χ1v) is 13.0. The normalized spacial score (nSPS) is 13.1. The van der Waals surface area contributed by atoms with Gasteiger partial charge in [0.05, 0.1) is 23.8 Å². The number of urea groups is 1. The number of pyridine rings is 1. The second-order valence-electron chi connectivity index (χ2n) is 9.23. The van der Waals surface area contributed by atoms with Crippen molar-refractivity contribution < 1.29 is 42.9 Å². The highest BCUT2D eigenvalue weighted by Gasteiger charge is 2.26. The number of fused-ring (bicyclic) bond motifs is 1. The first-order chi connectivity index (χ1) is 20.0. The summed E-state index contributed by atoms with van der Waals surface area (Å²) in [5.41, 5.74) is 5.71. The molecule has 0 saturated heterocycles. The molecule has 3 aromatic rings. The predicted octanol–water partition coefficient (Wildman–Crippen LogP) is 2.54. The van der Waals surface area contributed by atoms with E-state index in [0.717, 1.165) is 4.90 Å². The summed E-state index contributed by atoms with van der Waals surface area (Å²) in [6.07, 6.45) is -1.04. The number of halogens is 3. The van der Waals surface area contributed by atoms with Crippen molar-refractivity contribution in [3.8, 4) is 0 Å². The number of nitrogens with zero attached hydrogens (tertiary/aromatic N) is 2. The van der Waals surface area contributed by atoms with Crippen LogP contribution in [0.3, 0.4) is 0 Å². The van der Waals surface area contributed by atoms with Crippen molar-refractivity contribution in [3.63, 3.8) is 0 Å². The van der Waals surface area contributed by atoms with E-state index < -0.39 is 67.7 Å². The molecule has 0 aliphatic rings. The van der Waals surface area contributed by atoms with Crippen molar-refractivity contribution in [1.29, 1.82) is 0 Å². The molecule has 1 aromatic heterocycles. The number of benzene rings is 2. The van der Waals surface area contributed by atoms with Gasteiger partial charge in [0.2, 0.25) is 0 Å². The van der Waals surface area contributed by atoms with Crippen LogP contribution in [0.1, 0.15) is 12.0 Å². The maximum atomic E-state index is 13.7. The summed E-state index contributed by atoms with van der Waals surface area (Å²) in [6, 6.07) is 6.76. The summed E-state index contributed by atoms with van der Waals surface area (Å²) >= 11 is 5.94. The summed E-state index contributed by atoms with van der Waals surface area (Å²) < 4.78 is 37.5. The Morgan fingerprint density at radius 1 is 1.12 bits per heavy atom. The van der Waals surface area contributed by atoms with E-state index in [1.807, 2.05) is 0 Å². The summed E-state index contributed by atoms with van der Waals surface area (Å²) in [5, 5.41) is 25.4. The standard InChI is InChI=1S/C27H30ClF2N5O7/c1-35(26(39)33-11-16-3-2-4-21(30)24(16)28)19(9-20(37)14-41-25(38)22(31)12-36)13-42-27(40)34-23-8-17-7-18(29)6-5-15(17)10-32-23/h2-8,10,19-20,22,36-37H,9,11-14,31H2,1H3,(H,33,39)(H,32,34,40)/t19-,20?,22-/m0/s1. The van der Waals surface area contributed by atoms with Gasteiger partial charge in [-0.15, -0.1) is 0 Å². The number of carbonyl (C=O) groups is 3. The lowest BCUT2D eigenvalue weighted by molar-refractivity contribution is -0.149. The second kappa shape index (κ2) is 15.2. The molecule has 226 valence electrons. The number of nitrogens with two attached hydrogens (primary N) is 1. The van der Waals surface area contributed by atoms with E-state index >= 15 is 0 Å². The number of aromatic nitrogens is 1. The largest absolute Gasteiger partial charge is 0.462 e. The number of aliphatic hydroxyl groups is 2. The molecule has 0 bridgehead atoms. The van der Waals surface area contributed by atoms with Crippen LogP contribution in [0.15, 0.2) is 48.7 Å². The molecule has 1 heterocycles. The zero-order valence-electron chi connectivity index (χ0n) is 22.4. The number of likely N-dealkylation sites (N-methyl/N-ethyl adjacent to an activating group) is 1.